The average Bonchev–Trinajstić information content (AvgIpc) is 2.39. The topological polar surface area (TPSA) is 29.1 Å². The number of nitrogens with one attached hydrogen (secondary N) is 1. The van der Waals surface area contributed by atoms with Gasteiger partial charge in [0.15, 0.2) is 0 Å². The van der Waals surface area contributed by atoms with E-state index in [1.165, 1.54) is 19.1 Å². The first-order valence-electron chi connectivity index (χ1n) is 5.99. The van der Waals surface area contributed by atoms with E-state index in [4.69, 9.17) is 11.6 Å². The molecule has 20 heavy (non-hydrogen) atoms. The molecule has 0 aromatic heterocycles. The van der Waals surface area contributed by atoms with Crippen molar-refractivity contribution in [3.05, 3.63) is 58.9 Å². The van der Waals surface area contributed by atoms with Gasteiger partial charge >= 0.3 is 0 Å². The minimum atomic E-state index is -0.330. The fourth-order valence-corrected chi connectivity index (χ4v) is 2.85. The van der Waals surface area contributed by atoms with Crippen LogP contribution < -0.4 is 5.32 Å². The molecule has 0 saturated carbocycles. The predicted molar refractivity (Wildman–Crippen MR) is 81.7 cm³/mol. The SMILES string of the molecule is CC(=O)Nc1ccc(SCc2ccc(F)cc2Cl)cc1. The van der Waals surface area contributed by atoms with Gasteiger partial charge in [0.25, 0.3) is 0 Å². The van der Waals surface area contributed by atoms with E-state index in [9.17, 15) is 9.18 Å². The van der Waals surface area contributed by atoms with Crippen LogP contribution in [0.2, 0.25) is 5.02 Å². The Balaban J connectivity index is 1.98. The lowest BCUT2D eigenvalue weighted by Crippen LogP contribution is -2.05. The van der Waals surface area contributed by atoms with Crippen molar-refractivity contribution in [3.63, 3.8) is 0 Å². The van der Waals surface area contributed by atoms with Gasteiger partial charge < -0.3 is 5.32 Å². The highest BCUT2D eigenvalue weighted by atomic mass is 35.5. The Morgan fingerprint density at radius 2 is 1.95 bits per heavy atom. The van der Waals surface area contributed by atoms with E-state index in [0.29, 0.717) is 10.8 Å². The maximum atomic E-state index is 12.9. The van der Waals surface area contributed by atoms with Crippen LogP contribution in [0.4, 0.5) is 10.1 Å². The molecule has 0 heterocycles. The number of hydrogen-bond donors (Lipinski definition) is 1. The molecular weight excluding hydrogens is 297 g/mol. The molecule has 0 bridgehead atoms. The average molecular weight is 310 g/mol. The van der Waals surface area contributed by atoms with Crippen molar-refractivity contribution in [2.45, 2.75) is 17.6 Å². The zero-order valence-electron chi connectivity index (χ0n) is 10.8. The first-order chi connectivity index (χ1) is 9.54. The van der Waals surface area contributed by atoms with Crippen LogP contribution in [0.5, 0.6) is 0 Å². The fourth-order valence-electron chi connectivity index (χ4n) is 1.64. The summed E-state index contributed by atoms with van der Waals surface area (Å²) in [5.41, 5.74) is 1.66. The molecule has 0 saturated heterocycles. The molecule has 0 aliphatic heterocycles. The Morgan fingerprint density at radius 1 is 1.25 bits per heavy atom. The normalized spacial score (nSPS) is 10.3. The van der Waals surface area contributed by atoms with Gasteiger partial charge in [-0.1, -0.05) is 17.7 Å². The summed E-state index contributed by atoms with van der Waals surface area (Å²) in [7, 11) is 0. The molecule has 2 rings (SSSR count). The van der Waals surface area contributed by atoms with Crippen molar-refractivity contribution in [1.29, 1.82) is 0 Å². The number of thioether (sulfide) groups is 1. The third-order valence-corrected chi connectivity index (χ3v) is 4.00. The Kier molecular flexibility index (Phi) is 5.04. The third-order valence-electron chi connectivity index (χ3n) is 2.58. The van der Waals surface area contributed by atoms with Gasteiger partial charge in [-0.3, -0.25) is 4.79 Å². The third kappa shape index (κ3) is 4.25. The molecule has 0 aliphatic carbocycles. The summed E-state index contributed by atoms with van der Waals surface area (Å²) >= 11 is 7.58. The first-order valence-corrected chi connectivity index (χ1v) is 7.35. The van der Waals surface area contributed by atoms with Crippen LogP contribution in [0.25, 0.3) is 0 Å². The Bertz CT molecular complexity index is 616. The van der Waals surface area contributed by atoms with E-state index in [1.54, 1.807) is 17.8 Å². The van der Waals surface area contributed by atoms with Crippen molar-refractivity contribution in [3.8, 4) is 0 Å². The van der Waals surface area contributed by atoms with Gasteiger partial charge in [-0.15, -0.1) is 11.8 Å². The molecular formula is C15H13ClFNOS. The zero-order valence-corrected chi connectivity index (χ0v) is 12.4. The van der Waals surface area contributed by atoms with Crippen LogP contribution in [0, 0.1) is 5.82 Å². The highest BCUT2D eigenvalue weighted by Gasteiger charge is 2.03. The van der Waals surface area contributed by atoms with E-state index < -0.39 is 0 Å². The highest BCUT2D eigenvalue weighted by Crippen LogP contribution is 2.28. The largest absolute Gasteiger partial charge is 0.326 e. The lowest BCUT2D eigenvalue weighted by Gasteiger charge is -2.06. The maximum Gasteiger partial charge on any atom is 0.221 e. The molecule has 1 amide bonds. The predicted octanol–water partition coefficient (Wildman–Crippen LogP) is 4.73. The van der Waals surface area contributed by atoms with Gasteiger partial charge in [0, 0.05) is 28.3 Å². The Morgan fingerprint density at radius 3 is 2.55 bits per heavy atom. The molecule has 0 aliphatic rings. The van der Waals surface area contributed by atoms with Crippen molar-refractivity contribution < 1.29 is 9.18 Å². The Labute approximate surface area is 126 Å². The second-order valence-corrected chi connectivity index (χ2v) is 5.69. The lowest BCUT2D eigenvalue weighted by molar-refractivity contribution is -0.114. The number of carbonyl (C=O) groups excluding carboxylic acids is 1. The number of halogens is 2. The highest BCUT2D eigenvalue weighted by molar-refractivity contribution is 7.98. The van der Waals surface area contributed by atoms with E-state index in [2.05, 4.69) is 5.32 Å². The molecule has 0 fully saturated rings. The summed E-state index contributed by atoms with van der Waals surface area (Å²) in [5, 5.41) is 3.15. The molecule has 0 spiro atoms. The Hall–Kier alpha value is -1.52. The second kappa shape index (κ2) is 6.77. The number of hydrogen-bond acceptors (Lipinski definition) is 2. The fraction of sp³-hybridized carbons (Fsp3) is 0.133. The molecule has 2 aromatic carbocycles. The smallest absolute Gasteiger partial charge is 0.221 e. The van der Waals surface area contributed by atoms with Crippen molar-refractivity contribution >= 4 is 35.0 Å². The van der Waals surface area contributed by atoms with E-state index in [1.807, 2.05) is 24.3 Å². The standard InChI is InChI=1S/C15H13ClFNOS/c1-10(19)18-13-4-6-14(7-5-13)20-9-11-2-3-12(17)8-15(11)16/h2-8H,9H2,1H3,(H,18,19). The monoisotopic (exact) mass is 309 g/mol. The minimum Gasteiger partial charge on any atom is -0.326 e. The van der Waals surface area contributed by atoms with Gasteiger partial charge in [0.1, 0.15) is 5.82 Å². The van der Waals surface area contributed by atoms with Gasteiger partial charge in [-0.05, 0) is 42.0 Å². The number of anilines is 1. The van der Waals surface area contributed by atoms with Gasteiger partial charge in [-0.2, -0.15) is 0 Å². The molecule has 1 N–H and O–H groups in total. The van der Waals surface area contributed by atoms with Crippen LogP contribution in [-0.2, 0) is 10.5 Å². The van der Waals surface area contributed by atoms with Crippen LogP contribution in [0.1, 0.15) is 12.5 Å². The summed E-state index contributed by atoms with van der Waals surface area (Å²) in [5.74, 6) is 0.241. The molecule has 104 valence electrons. The molecule has 2 nitrogen and oxygen atoms in total. The number of benzene rings is 2. The molecule has 0 radical (unpaired) electrons. The molecule has 0 unspecified atom stereocenters. The summed E-state index contributed by atoms with van der Waals surface area (Å²) in [4.78, 5) is 12.0. The van der Waals surface area contributed by atoms with Crippen LogP contribution in [0.15, 0.2) is 47.4 Å². The number of rotatable bonds is 4. The summed E-state index contributed by atoms with van der Waals surface area (Å²) in [6.45, 7) is 1.47. The van der Waals surface area contributed by atoms with Crippen molar-refractivity contribution in [2.24, 2.45) is 0 Å². The molecule has 2 aromatic rings. The molecule has 5 heteroatoms. The van der Waals surface area contributed by atoms with Gasteiger partial charge in [0.05, 0.1) is 0 Å². The van der Waals surface area contributed by atoms with Crippen LogP contribution >= 0.6 is 23.4 Å². The quantitative estimate of drug-likeness (QED) is 0.827. The minimum absolute atomic E-state index is 0.0940. The lowest BCUT2D eigenvalue weighted by atomic mass is 10.2. The molecule has 0 atom stereocenters. The van der Waals surface area contributed by atoms with Crippen LogP contribution in [0.3, 0.4) is 0 Å². The van der Waals surface area contributed by atoms with E-state index in [0.717, 1.165) is 16.1 Å². The first kappa shape index (κ1) is 14.9. The van der Waals surface area contributed by atoms with Crippen molar-refractivity contribution in [1.82, 2.24) is 0 Å². The second-order valence-electron chi connectivity index (χ2n) is 4.23. The van der Waals surface area contributed by atoms with Gasteiger partial charge in [0.2, 0.25) is 5.91 Å². The van der Waals surface area contributed by atoms with Crippen molar-refractivity contribution in [2.75, 3.05) is 5.32 Å². The summed E-state index contributed by atoms with van der Waals surface area (Å²) in [6.07, 6.45) is 0. The summed E-state index contributed by atoms with van der Waals surface area (Å²) < 4.78 is 12.9. The van der Waals surface area contributed by atoms with Crippen LogP contribution in [-0.4, -0.2) is 5.91 Å². The maximum absolute atomic E-state index is 12.9. The number of carbonyl (C=O) groups is 1. The van der Waals surface area contributed by atoms with Gasteiger partial charge in [-0.25, -0.2) is 4.39 Å². The number of amides is 1. The van der Waals surface area contributed by atoms with E-state index >= 15 is 0 Å². The zero-order chi connectivity index (χ0) is 14.5. The van der Waals surface area contributed by atoms with E-state index in [-0.39, 0.29) is 11.7 Å². The summed E-state index contributed by atoms with van der Waals surface area (Å²) in [6, 6.07) is 11.9.